The topological polar surface area (TPSA) is 43.1 Å². The molecule has 27 heavy (non-hydrogen) atoms. The third-order valence-electron chi connectivity index (χ3n) is 4.70. The van der Waals surface area contributed by atoms with Crippen LogP contribution in [-0.2, 0) is 24.1 Å². The van der Waals surface area contributed by atoms with Gasteiger partial charge in [0.05, 0.1) is 6.04 Å². The van der Waals surface area contributed by atoms with Gasteiger partial charge in [-0.05, 0) is 23.8 Å². The van der Waals surface area contributed by atoms with Crippen molar-refractivity contribution in [2.24, 2.45) is 0 Å². The number of fused-ring (bicyclic) bond motifs is 1. The van der Waals surface area contributed by atoms with Gasteiger partial charge in [-0.15, -0.1) is 0 Å². The van der Waals surface area contributed by atoms with E-state index in [1.54, 1.807) is 4.90 Å². The van der Waals surface area contributed by atoms with Crippen LogP contribution in [-0.4, -0.2) is 31.7 Å². The maximum absolute atomic E-state index is 12.9. The molecule has 1 aliphatic rings. The van der Waals surface area contributed by atoms with E-state index in [1.165, 1.54) is 6.20 Å². The van der Waals surface area contributed by atoms with Crippen LogP contribution in [0.1, 0.15) is 23.0 Å². The zero-order chi connectivity index (χ0) is 19.0. The van der Waals surface area contributed by atoms with E-state index in [0.29, 0.717) is 13.1 Å². The fourth-order valence-electron chi connectivity index (χ4n) is 3.47. The second-order valence-electron chi connectivity index (χ2n) is 6.42. The average molecular weight is 374 g/mol. The highest BCUT2D eigenvalue weighted by Gasteiger charge is 2.35. The molecule has 0 N–H and O–H groups in total. The van der Waals surface area contributed by atoms with Gasteiger partial charge < -0.3 is 9.47 Å². The van der Waals surface area contributed by atoms with Gasteiger partial charge in [-0.1, -0.05) is 30.3 Å². The number of alkyl halides is 3. The molecule has 1 amide bonds. The smallest absolute Gasteiger partial charge is 0.348 e. The summed E-state index contributed by atoms with van der Waals surface area (Å²) in [6.45, 7) is 0.887. The first kappa shape index (κ1) is 17.4. The van der Waals surface area contributed by atoms with E-state index in [-0.39, 0.29) is 18.5 Å². The van der Waals surface area contributed by atoms with Gasteiger partial charge >= 0.3 is 6.18 Å². The van der Waals surface area contributed by atoms with Gasteiger partial charge in [-0.2, -0.15) is 18.3 Å². The molecule has 8 heteroatoms. The van der Waals surface area contributed by atoms with Crippen LogP contribution in [0.4, 0.5) is 13.2 Å². The number of carbonyl (C=O) groups excluding carboxylic acids is 1. The van der Waals surface area contributed by atoms with E-state index in [9.17, 15) is 18.0 Å². The number of halogens is 3. The Hall–Kier alpha value is -3.03. The second kappa shape index (κ2) is 6.61. The summed E-state index contributed by atoms with van der Waals surface area (Å²) in [5.41, 5.74) is 0.946. The monoisotopic (exact) mass is 374 g/mol. The predicted molar refractivity (Wildman–Crippen MR) is 91.7 cm³/mol. The van der Waals surface area contributed by atoms with Gasteiger partial charge in [-0.25, -0.2) is 0 Å². The number of rotatable bonds is 3. The first-order valence-corrected chi connectivity index (χ1v) is 8.53. The second-order valence-corrected chi connectivity index (χ2v) is 6.42. The Morgan fingerprint density at radius 2 is 1.81 bits per heavy atom. The highest BCUT2D eigenvalue weighted by atomic mass is 19.4. The van der Waals surface area contributed by atoms with Crippen LogP contribution in [0.15, 0.2) is 60.9 Å². The van der Waals surface area contributed by atoms with E-state index >= 15 is 0 Å². The molecule has 2 aromatic heterocycles. The molecule has 4 rings (SSSR count). The summed E-state index contributed by atoms with van der Waals surface area (Å²) >= 11 is 0. The Bertz CT molecular complexity index is 945. The van der Waals surface area contributed by atoms with Gasteiger partial charge in [0.25, 0.3) is 0 Å². The molecule has 0 saturated heterocycles. The molecular weight excluding hydrogens is 357 g/mol. The number of amides is 1. The van der Waals surface area contributed by atoms with Crippen molar-refractivity contribution in [1.29, 1.82) is 0 Å². The van der Waals surface area contributed by atoms with Crippen LogP contribution in [0, 0.1) is 0 Å². The third kappa shape index (κ3) is 3.34. The van der Waals surface area contributed by atoms with E-state index < -0.39 is 11.9 Å². The van der Waals surface area contributed by atoms with Gasteiger partial charge in [-0.3, -0.25) is 9.48 Å². The number of hydrogen-bond donors (Lipinski definition) is 0. The van der Waals surface area contributed by atoms with Crippen LogP contribution in [0.2, 0.25) is 0 Å². The molecule has 1 aliphatic heterocycles. The minimum Gasteiger partial charge on any atom is -0.348 e. The first-order valence-electron chi connectivity index (χ1n) is 8.53. The molecule has 1 aromatic carbocycles. The molecule has 0 radical (unpaired) electrons. The first-order chi connectivity index (χ1) is 12.9. The molecule has 1 unspecified atom stereocenters. The maximum atomic E-state index is 12.9. The summed E-state index contributed by atoms with van der Waals surface area (Å²) < 4.78 is 41.3. The largest absolute Gasteiger partial charge is 0.435 e. The maximum Gasteiger partial charge on any atom is 0.435 e. The lowest BCUT2D eigenvalue weighted by Crippen LogP contribution is -2.43. The van der Waals surface area contributed by atoms with Gasteiger partial charge in [0.15, 0.2) is 5.69 Å². The van der Waals surface area contributed by atoms with Crippen LogP contribution >= 0.6 is 0 Å². The summed E-state index contributed by atoms with van der Waals surface area (Å²) in [5, 5.41) is 3.49. The lowest BCUT2D eigenvalue weighted by molar-refractivity contribution is -0.142. The Morgan fingerprint density at radius 1 is 1.04 bits per heavy atom. The molecule has 5 nitrogen and oxygen atoms in total. The zero-order valence-electron chi connectivity index (χ0n) is 14.3. The van der Waals surface area contributed by atoms with Crippen LogP contribution in [0.5, 0.6) is 0 Å². The number of carbonyl (C=O) groups is 1. The molecule has 0 saturated carbocycles. The highest BCUT2D eigenvalue weighted by molar-refractivity contribution is 5.77. The molecule has 1 atom stereocenters. The van der Waals surface area contributed by atoms with Crippen LogP contribution in [0.25, 0.3) is 0 Å². The SMILES string of the molecule is O=C(Cn1ccc(C(F)(F)F)n1)N1CCn2cccc2C1c1ccccc1. The van der Waals surface area contributed by atoms with Crippen molar-refractivity contribution in [2.75, 3.05) is 6.54 Å². The van der Waals surface area contributed by atoms with Crippen molar-refractivity contribution >= 4 is 5.91 Å². The molecular formula is C19H17F3N4O. The van der Waals surface area contributed by atoms with E-state index in [0.717, 1.165) is 22.0 Å². The summed E-state index contributed by atoms with van der Waals surface area (Å²) in [5.74, 6) is -0.270. The predicted octanol–water partition coefficient (Wildman–Crippen LogP) is 3.34. The van der Waals surface area contributed by atoms with Crippen molar-refractivity contribution in [2.45, 2.75) is 25.3 Å². The molecule has 3 heterocycles. The van der Waals surface area contributed by atoms with Crippen molar-refractivity contribution < 1.29 is 18.0 Å². The number of nitrogens with zero attached hydrogens (tertiary/aromatic N) is 4. The van der Waals surface area contributed by atoms with Crippen molar-refractivity contribution in [1.82, 2.24) is 19.2 Å². The Labute approximate surface area is 153 Å². The van der Waals surface area contributed by atoms with Crippen molar-refractivity contribution in [3.05, 3.63) is 77.9 Å². The molecule has 0 spiro atoms. The Kier molecular flexibility index (Phi) is 4.25. The fraction of sp³-hybridized carbons (Fsp3) is 0.263. The minimum absolute atomic E-state index is 0.236. The van der Waals surface area contributed by atoms with Crippen molar-refractivity contribution in [3.63, 3.8) is 0 Å². The van der Waals surface area contributed by atoms with Gasteiger partial charge in [0, 0.05) is 31.2 Å². The zero-order valence-corrected chi connectivity index (χ0v) is 14.3. The Balaban J connectivity index is 1.61. The third-order valence-corrected chi connectivity index (χ3v) is 4.70. The van der Waals surface area contributed by atoms with E-state index in [4.69, 9.17) is 0 Å². The fourth-order valence-corrected chi connectivity index (χ4v) is 3.47. The molecule has 0 bridgehead atoms. The average Bonchev–Trinajstić information content (AvgIpc) is 3.30. The standard InChI is InChI=1S/C19H17F3N4O/c20-19(21,22)16-8-10-25(23-16)13-17(27)26-12-11-24-9-4-7-15(24)18(26)14-5-2-1-3-6-14/h1-10,18H,11-13H2. The van der Waals surface area contributed by atoms with Gasteiger partial charge in [0.2, 0.25) is 5.91 Å². The van der Waals surface area contributed by atoms with Gasteiger partial charge in [0.1, 0.15) is 6.54 Å². The molecule has 0 aliphatic carbocycles. The van der Waals surface area contributed by atoms with E-state index in [1.807, 2.05) is 48.7 Å². The minimum atomic E-state index is -4.52. The number of benzene rings is 1. The normalized spacial score (nSPS) is 17.0. The Morgan fingerprint density at radius 3 is 2.52 bits per heavy atom. The summed E-state index contributed by atoms with van der Waals surface area (Å²) in [6.07, 6.45) is -1.37. The van der Waals surface area contributed by atoms with Crippen LogP contribution < -0.4 is 0 Å². The van der Waals surface area contributed by atoms with E-state index in [2.05, 4.69) is 9.67 Å². The molecule has 0 fully saturated rings. The molecule has 140 valence electrons. The lowest BCUT2D eigenvalue weighted by Gasteiger charge is -2.37. The summed E-state index contributed by atoms with van der Waals surface area (Å²) in [4.78, 5) is 14.6. The van der Waals surface area contributed by atoms with Crippen LogP contribution in [0.3, 0.4) is 0 Å². The highest BCUT2D eigenvalue weighted by Crippen LogP contribution is 2.32. The number of hydrogen-bond acceptors (Lipinski definition) is 2. The lowest BCUT2D eigenvalue weighted by atomic mass is 10.00. The summed E-state index contributed by atoms with van der Waals surface area (Å²) in [7, 11) is 0. The quantitative estimate of drug-likeness (QED) is 0.706. The summed E-state index contributed by atoms with van der Waals surface area (Å²) in [6, 6.07) is 14.1. The molecule has 3 aromatic rings. The number of aromatic nitrogens is 3. The van der Waals surface area contributed by atoms with Crippen molar-refractivity contribution in [3.8, 4) is 0 Å².